The molecule has 5 fully saturated rings. The van der Waals surface area contributed by atoms with E-state index in [-0.39, 0.29) is 0 Å². The van der Waals surface area contributed by atoms with E-state index < -0.39 is 0 Å². The smallest absolute Gasteiger partial charge is 0.0604 e. The van der Waals surface area contributed by atoms with Gasteiger partial charge in [0.1, 0.15) is 0 Å². The lowest BCUT2D eigenvalue weighted by atomic mass is 9.30. The summed E-state index contributed by atoms with van der Waals surface area (Å²) in [4.78, 5) is 0. The van der Waals surface area contributed by atoms with Crippen molar-refractivity contribution in [3.8, 4) is 0 Å². The molecule has 0 heterocycles. The molecule has 2 nitrogen and oxygen atoms in total. The first-order chi connectivity index (χ1) is 14.8. The third kappa shape index (κ3) is 2.73. The molecule has 1 N–H and O–H groups in total. The van der Waals surface area contributed by atoms with Crippen LogP contribution < -0.4 is 0 Å². The molecule has 182 valence electrons. The molecule has 0 aromatic heterocycles. The zero-order valence-corrected chi connectivity index (χ0v) is 22.5. The quantitative estimate of drug-likeness (QED) is 0.296. The maximum absolute atomic E-state index is 9.66. The maximum Gasteiger partial charge on any atom is 0.0604 e. The van der Waals surface area contributed by atoms with Crippen molar-refractivity contribution in [3.63, 3.8) is 0 Å². The van der Waals surface area contributed by atoms with E-state index in [0.29, 0.717) is 38.4 Å². The lowest BCUT2D eigenvalue weighted by Gasteiger charge is -2.75. The van der Waals surface area contributed by atoms with Crippen molar-refractivity contribution in [2.75, 3.05) is 0 Å². The first-order valence-corrected chi connectivity index (χ1v) is 14.0. The van der Waals surface area contributed by atoms with Gasteiger partial charge in [-0.3, -0.25) is 0 Å². The van der Waals surface area contributed by atoms with Gasteiger partial charge in [0.2, 0.25) is 0 Å². The highest BCUT2D eigenvalue weighted by molar-refractivity contribution is 5.87. The van der Waals surface area contributed by atoms with Crippen molar-refractivity contribution < 1.29 is 5.21 Å². The fourth-order valence-corrected chi connectivity index (χ4v) is 11.3. The minimum atomic E-state index is 0.297. The van der Waals surface area contributed by atoms with Crippen LogP contribution in [0, 0.1) is 56.2 Å². The highest BCUT2D eigenvalue weighted by Gasteiger charge is 2.70. The van der Waals surface area contributed by atoms with Crippen LogP contribution in [0.2, 0.25) is 0 Å². The molecule has 2 heteroatoms. The van der Waals surface area contributed by atoms with Crippen LogP contribution in [-0.4, -0.2) is 10.9 Å². The van der Waals surface area contributed by atoms with Gasteiger partial charge in [0, 0.05) is 5.92 Å². The van der Waals surface area contributed by atoms with Gasteiger partial charge >= 0.3 is 0 Å². The number of oxime groups is 1. The molecule has 0 aliphatic heterocycles. The van der Waals surface area contributed by atoms with Crippen molar-refractivity contribution in [2.45, 2.75) is 126 Å². The molecule has 5 saturated carbocycles. The summed E-state index contributed by atoms with van der Waals surface area (Å²) in [6.07, 6.45) is 15.0. The van der Waals surface area contributed by atoms with Gasteiger partial charge in [-0.15, -0.1) is 0 Å². The predicted octanol–water partition coefficient (Wildman–Crippen LogP) is 8.72. The molecule has 32 heavy (non-hydrogen) atoms. The molecule has 5 aliphatic rings. The van der Waals surface area contributed by atoms with Crippen LogP contribution in [-0.2, 0) is 0 Å². The minimum absolute atomic E-state index is 0.297. The fourth-order valence-electron chi connectivity index (χ4n) is 11.3. The number of nitrogens with zero attached hydrogens (tertiary/aromatic N) is 1. The molecule has 0 aromatic rings. The summed E-state index contributed by atoms with van der Waals surface area (Å²) >= 11 is 0. The highest BCUT2D eigenvalue weighted by atomic mass is 16.4. The van der Waals surface area contributed by atoms with Crippen molar-refractivity contribution in [2.24, 2.45) is 61.3 Å². The van der Waals surface area contributed by atoms with E-state index >= 15 is 0 Å². The molecule has 0 saturated heterocycles. The summed E-state index contributed by atoms with van der Waals surface area (Å²) in [5, 5.41) is 13.4. The molecular formula is C30H51NO. The van der Waals surface area contributed by atoms with Crippen LogP contribution in [0.5, 0.6) is 0 Å². The molecule has 0 aromatic carbocycles. The monoisotopic (exact) mass is 441 g/mol. The van der Waals surface area contributed by atoms with Crippen LogP contribution in [0.1, 0.15) is 126 Å². The molecule has 0 radical (unpaired) electrons. The summed E-state index contributed by atoms with van der Waals surface area (Å²) < 4.78 is 0. The first-order valence-electron chi connectivity index (χ1n) is 14.0. The summed E-state index contributed by atoms with van der Waals surface area (Å²) in [6, 6.07) is 0. The Morgan fingerprint density at radius 1 is 0.688 bits per heavy atom. The van der Waals surface area contributed by atoms with Crippen LogP contribution in [0.3, 0.4) is 0 Å². The van der Waals surface area contributed by atoms with E-state index in [4.69, 9.17) is 0 Å². The first kappa shape index (κ1) is 23.2. The van der Waals surface area contributed by atoms with E-state index in [1.54, 1.807) is 0 Å². The Labute approximate surface area is 198 Å². The van der Waals surface area contributed by atoms with Gasteiger partial charge in [0.25, 0.3) is 0 Å². The minimum Gasteiger partial charge on any atom is -0.411 e. The highest BCUT2D eigenvalue weighted by Crippen LogP contribution is 2.78. The Morgan fingerprint density at radius 2 is 1.31 bits per heavy atom. The number of hydrogen-bond acceptors (Lipinski definition) is 2. The van der Waals surface area contributed by atoms with Crippen molar-refractivity contribution >= 4 is 5.71 Å². The largest absolute Gasteiger partial charge is 0.411 e. The van der Waals surface area contributed by atoms with Gasteiger partial charge in [0.05, 0.1) is 5.71 Å². The SMILES string of the molecule is C[C@H]1/C(=N\O)CC[C@@H]2[C@]1(C)CC[C@@H]1[C@]2(C)CC[C@@]2(C)[C@H]3CC(C)(C)CC[C@]3(C)CC[C@]12C. The zero-order chi connectivity index (χ0) is 23.4. The van der Waals surface area contributed by atoms with E-state index in [1.807, 2.05) is 0 Å². The van der Waals surface area contributed by atoms with E-state index in [1.165, 1.54) is 64.2 Å². The van der Waals surface area contributed by atoms with Gasteiger partial charge in [-0.1, -0.05) is 60.5 Å². The normalized spacial score (nSPS) is 58.3. The van der Waals surface area contributed by atoms with Gasteiger partial charge in [-0.25, -0.2) is 0 Å². The average Bonchev–Trinajstić information content (AvgIpc) is 2.72. The van der Waals surface area contributed by atoms with Gasteiger partial charge in [-0.05, 0) is 121 Å². The molecule has 9 atom stereocenters. The van der Waals surface area contributed by atoms with E-state index in [2.05, 4.69) is 60.5 Å². The third-order valence-electron chi connectivity index (χ3n) is 13.9. The summed E-state index contributed by atoms with van der Waals surface area (Å²) in [6.45, 7) is 20.9. The van der Waals surface area contributed by atoms with Gasteiger partial charge in [-0.2, -0.15) is 0 Å². The van der Waals surface area contributed by atoms with Crippen molar-refractivity contribution in [3.05, 3.63) is 0 Å². The van der Waals surface area contributed by atoms with Gasteiger partial charge < -0.3 is 5.21 Å². The predicted molar refractivity (Wildman–Crippen MR) is 134 cm³/mol. The van der Waals surface area contributed by atoms with Crippen LogP contribution >= 0.6 is 0 Å². The zero-order valence-electron chi connectivity index (χ0n) is 22.5. The number of hydrogen-bond donors (Lipinski definition) is 1. The topological polar surface area (TPSA) is 32.6 Å². The molecule has 5 aliphatic carbocycles. The standard InChI is InChI=1S/C30H51NO/c1-20-21(31-32)9-10-22-27(20,5)12-11-23-28(22,6)16-18-30(8)24-19-25(2,3)13-14-26(24,4)15-17-29(23,30)7/h20,22-24,32H,9-19H2,1-8H3/b31-21-/t20-,22+,23+,24-,26+,27+,28+,29+,30-/m0/s1. The Morgan fingerprint density at radius 3 is 2.00 bits per heavy atom. The van der Waals surface area contributed by atoms with Crippen LogP contribution in [0.25, 0.3) is 0 Å². The Bertz CT molecular complexity index is 816. The lowest BCUT2D eigenvalue weighted by molar-refractivity contribution is -0.254. The van der Waals surface area contributed by atoms with Crippen LogP contribution in [0.15, 0.2) is 5.16 Å². The van der Waals surface area contributed by atoms with Gasteiger partial charge in [0.15, 0.2) is 0 Å². The molecule has 0 bridgehead atoms. The van der Waals surface area contributed by atoms with Crippen molar-refractivity contribution in [1.29, 1.82) is 0 Å². The summed E-state index contributed by atoms with van der Waals surface area (Å²) in [5.74, 6) is 2.92. The second kappa shape index (κ2) is 6.78. The summed E-state index contributed by atoms with van der Waals surface area (Å²) in [5.41, 5.74) is 3.82. The molecule has 0 amide bonds. The third-order valence-corrected chi connectivity index (χ3v) is 13.9. The summed E-state index contributed by atoms with van der Waals surface area (Å²) in [7, 11) is 0. The van der Waals surface area contributed by atoms with Crippen molar-refractivity contribution in [1.82, 2.24) is 0 Å². The molecule has 0 spiro atoms. The second-order valence-corrected chi connectivity index (χ2v) is 15.4. The van der Waals surface area contributed by atoms with Crippen LogP contribution in [0.4, 0.5) is 0 Å². The molecule has 5 rings (SSSR count). The lowest BCUT2D eigenvalue weighted by Crippen LogP contribution is -2.67. The Balaban J connectivity index is 1.54. The Hall–Kier alpha value is -0.530. The Kier molecular flexibility index (Phi) is 4.92. The fraction of sp³-hybridized carbons (Fsp3) is 0.967. The molecular weight excluding hydrogens is 390 g/mol. The van der Waals surface area contributed by atoms with E-state index in [9.17, 15) is 5.21 Å². The number of fused-ring (bicyclic) bond motifs is 7. The maximum atomic E-state index is 9.66. The average molecular weight is 442 g/mol. The van der Waals surface area contributed by atoms with E-state index in [0.717, 1.165) is 29.9 Å². The second-order valence-electron chi connectivity index (χ2n) is 15.4. The molecule has 0 unspecified atom stereocenters. The number of rotatable bonds is 0.